The second-order valence-corrected chi connectivity index (χ2v) is 6.83. The number of carbonyl (C=O) groups is 1. The van der Waals surface area contributed by atoms with Crippen LogP contribution in [0.5, 0.6) is 0 Å². The van der Waals surface area contributed by atoms with Crippen molar-refractivity contribution in [3.8, 4) is 0 Å². The zero-order chi connectivity index (χ0) is 16.4. The van der Waals surface area contributed by atoms with Crippen molar-refractivity contribution in [1.29, 1.82) is 0 Å². The lowest BCUT2D eigenvalue weighted by atomic mass is 10.0. The first kappa shape index (κ1) is 17.4. The second kappa shape index (κ2) is 6.41. The molecule has 0 unspecified atom stereocenters. The molecular weight excluding hydrogens is 288 g/mol. The number of primary sulfonamides is 1. The molecule has 6 heteroatoms. The first-order valence-electron chi connectivity index (χ1n) is 6.65. The molecule has 1 aromatic rings. The van der Waals surface area contributed by atoms with E-state index in [4.69, 9.17) is 5.14 Å². The van der Waals surface area contributed by atoms with Crippen LogP contribution in [0.1, 0.15) is 35.3 Å². The molecule has 1 aromatic carbocycles. The van der Waals surface area contributed by atoms with Crippen LogP contribution in [-0.2, 0) is 10.0 Å². The summed E-state index contributed by atoms with van der Waals surface area (Å²) < 4.78 is 23.3. The highest BCUT2D eigenvalue weighted by Crippen LogP contribution is 2.21. The van der Waals surface area contributed by atoms with E-state index in [9.17, 15) is 13.2 Å². The van der Waals surface area contributed by atoms with Crippen molar-refractivity contribution in [2.45, 2.75) is 38.6 Å². The zero-order valence-electron chi connectivity index (χ0n) is 12.9. The fourth-order valence-corrected chi connectivity index (χ4v) is 2.96. The van der Waals surface area contributed by atoms with Gasteiger partial charge in [-0.15, -0.1) is 6.58 Å². The van der Waals surface area contributed by atoms with Crippen LogP contribution >= 0.6 is 0 Å². The summed E-state index contributed by atoms with van der Waals surface area (Å²) in [6.07, 6.45) is 1.64. The minimum Gasteiger partial charge on any atom is -0.333 e. The van der Waals surface area contributed by atoms with Crippen molar-refractivity contribution < 1.29 is 13.2 Å². The molecule has 0 radical (unpaired) electrons. The van der Waals surface area contributed by atoms with Gasteiger partial charge >= 0.3 is 0 Å². The minimum atomic E-state index is -3.86. The maximum Gasteiger partial charge on any atom is 0.254 e. The number of nitrogens with two attached hydrogens (primary N) is 1. The fraction of sp³-hybridized carbons (Fsp3) is 0.400. The van der Waals surface area contributed by atoms with Gasteiger partial charge in [-0.1, -0.05) is 6.08 Å². The number of rotatable bonds is 5. The Morgan fingerprint density at radius 3 is 2.38 bits per heavy atom. The molecule has 0 aliphatic heterocycles. The molecule has 0 aliphatic rings. The molecule has 0 atom stereocenters. The molecule has 5 nitrogen and oxygen atoms in total. The van der Waals surface area contributed by atoms with E-state index in [1.807, 2.05) is 13.8 Å². The summed E-state index contributed by atoms with van der Waals surface area (Å²) in [6, 6.07) is 3.01. The van der Waals surface area contributed by atoms with Crippen LogP contribution in [0, 0.1) is 13.8 Å². The number of carbonyl (C=O) groups excluding carboxylic acids is 1. The number of aryl methyl sites for hydroxylation is 1. The van der Waals surface area contributed by atoms with Gasteiger partial charge in [-0.05, 0) is 51.0 Å². The Kier molecular flexibility index (Phi) is 5.31. The molecular formula is C15H22N2O3S. The lowest BCUT2D eigenvalue weighted by molar-refractivity contribution is 0.0728. The summed E-state index contributed by atoms with van der Waals surface area (Å²) in [7, 11) is -3.86. The Morgan fingerprint density at radius 1 is 1.38 bits per heavy atom. The molecule has 2 N–H and O–H groups in total. The summed E-state index contributed by atoms with van der Waals surface area (Å²) >= 11 is 0. The number of benzene rings is 1. The number of sulfonamides is 1. The van der Waals surface area contributed by atoms with Crippen LogP contribution in [0.15, 0.2) is 29.7 Å². The maximum atomic E-state index is 12.6. The Balaban J connectivity index is 3.41. The highest BCUT2D eigenvalue weighted by Gasteiger charge is 2.21. The molecule has 1 amide bonds. The van der Waals surface area contributed by atoms with Crippen molar-refractivity contribution in [3.05, 3.63) is 41.5 Å². The molecule has 0 saturated heterocycles. The van der Waals surface area contributed by atoms with Gasteiger partial charge in [0.15, 0.2) is 0 Å². The summed E-state index contributed by atoms with van der Waals surface area (Å²) in [5.41, 5.74) is 1.60. The van der Waals surface area contributed by atoms with E-state index in [2.05, 4.69) is 6.58 Å². The van der Waals surface area contributed by atoms with Gasteiger partial charge in [0, 0.05) is 18.2 Å². The monoisotopic (exact) mass is 310 g/mol. The van der Waals surface area contributed by atoms with Gasteiger partial charge in [-0.3, -0.25) is 4.79 Å². The third-order valence-corrected chi connectivity index (χ3v) is 4.42. The molecule has 0 saturated carbocycles. The minimum absolute atomic E-state index is 0.00633. The van der Waals surface area contributed by atoms with Gasteiger partial charge in [0.2, 0.25) is 10.0 Å². The Labute approximate surface area is 126 Å². The molecule has 21 heavy (non-hydrogen) atoms. The van der Waals surface area contributed by atoms with Gasteiger partial charge in [-0.2, -0.15) is 0 Å². The smallest absolute Gasteiger partial charge is 0.254 e. The Bertz CT molecular complexity index is 664. The van der Waals surface area contributed by atoms with Gasteiger partial charge in [0.05, 0.1) is 4.90 Å². The highest BCUT2D eigenvalue weighted by molar-refractivity contribution is 7.89. The third-order valence-electron chi connectivity index (χ3n) is 3.38. The summed E-state index contributed by atoms with van der Waals surface area (Å²) in [4.78, 5) is 14.2. The average molecular weight is 310 g/mol. The second-order valence-electron chi connectivity index (χ2n) is 5.30. The predicted molar refractivity (Wildman–Crippen MR) is 83.7 cm³/mol. The van der Waals surface area contributed by atoms with Crippen molar-refractivity contribution in [1.82, 2.24) is 4.90 Å². The van der Waals surface area contributed by atoms with Gasteiger partial charge in [-0.25, -0.2) is 13.6 Å². The summed E-state index contributed by atoms with van der Waals surface area (Å²) in [6.45, 7) is 11.3. The van der Waals surface area contributed by atoms with Crippen LogP contribution in [0.3, 0.4) is 0 Å². The quantitative estimate of drug-likeness (QED) is 0.844. The zero-order valence-corrected chi connectivity index (χ0v) is 13.7. The van der Waals surface area contributed by atoms with Gasteiger partial charge in [0.25, 0.3) is 5.91 Å². The standard InChI is InChI=1S/C15H22N2O3S/c1-6-7-17(10(2)3)15(18)13-8-11(4)12(5)14(9-13)21(16,19)20/h6,8-10H,1,7H2,2-5H3,(H2,16,19,20). The lowest BCUT2D eigenvalue weighted by Crippen LogP contribution is -2.37. The molecule has 0 fully saturated rings. The molecule has 0 aliphatic carbocycles. The van der Waals surface area contributed by atoms with Crippen LogP contribution in [-0.4, -0.2) is 31.8 Å². The van der Waals surface area contributed by atoms with Gasteiger partial charge in [0.1, 0.15) is 0 Å². The Morgan fingerprint density at radius 2 is 1.95 bits per heavy atom. The predicted octanol–water partition coefficient (Wildman–Crippen LogP) is 1.99. The first-order valence-corrected chi connectivity index (χ1v) is 8.20. The fourth-order valence-electron chi connectivity index (χ4n) is 2.08. The summed E-state index contributed by atoms with van der Waals surface area (Å²) in [5, 5.41) is 5.22. The van der Waals surface area contributed by atoms with E-state index in [0.29, 0.717) is 23.2 Å². The molecule has 0 aromatic heterocycles. The third kappa shape index (κ3) is 3.92. The van der Waals surface area contributed by atoms with E-state index >= 15 is 0 Å². The average Bonchev–Trinajstić information content (AvgIpc) is 2.36. The topological polar surface area (TPSA) is 80.5 Å². The molecule has 116 valence electrons. The molecule has 0 heterocycles. The van der Waals surface area contributed by atoms with Crippen LogP contribution in [0.25, 0.3) is 0 Å². The van der Waals surface area contributed by atoms with Crippen LogP contribution in [0.4, 0.5) is 0 Å². The largest absolute Gasteiger partial charge is 0.333 e. The number of amides is 1. The van der Waals surface area contributed by atoms with E-state index in [1.54, 1.807) is 30.9 Å². The van der Waals surface area contributed by atoms with E-state index < -0.39 is 10.0 Å². The van der Waals surface area contributed by atoms with Crippen molar-refractivity contribution in [2.75, 3.05) is 6.54 Å². The Hall–Kier alpha value is -1.66. The number of hydrogen-bond acceptors (Lipinski definition) is 3. The summed E-state index contributed by atoms with van der Waals surface area (Å²) in [5.74, 6) is -0.238. The van der Waals surface area contributed by atoms with Crippen molar-refractivity contribution in [3.63, 3.8) is 0 Å². The van der Waals surface area contributed by atoms with Crippen molar-refractivity contribution in [2.24, 2.45) is 5.14 Å². The van der Waals surface area contributed by atoms with Gasteiger partial charge < -0.3 is 4.90 Å². The normalized spacial score (nSPS) is 11.5. The number of nitrogens with zero attached hydrogens (tertiary/aromatic N) is 1. The van der Waals surface area contributed by atoms with E-state index in [1.165, 1.54) is 6.07 Å². The van der Waals surface area contributed by atoms with Crippen molar-refractivity contribution >= 4 is 15.9 Å². The highest BCUT2D eigenvalue weighted by atomic mass is 32.2. The molecule has 1 rings (SSSR count). The van der Waals surface area contributed by atoms with E-state index in [-0.39, 0.29) is 16.8 Å². The lowest BCUT2D eigenvalue weighted by Gasteiger charge is -2.26. The van der Waals surface area contributed by atoms with E-state index in [0.717, 1.165) is 0 Å². The maximum absolute atomic E-state index is 12.6. The molecule has 0 spiro atoms. The SMILES string of the molecule is C=CCN(C(=O)c1cc(C)c(C)c(S(N)(=O)=O)c1)C(C)C. The van der Waals surface area contributed by atoms with Crippen LogP contribution in [0.2, 0.25) is 0 Å². The molecule has 0 bridgehead atoms. The number of hydrogen-bond donors (Lipinski definition) is 1. The van der Waals surface area contributed by atoms with Crippen LogP contribution < -0.4 is 5.14 Å². The first-order chi connectivity index (χ1) is 9.59.